The molecule has 2 N–H and O–H groups in total. The van der Waals surface area contributed by atoms with E-state index in [4.69, 9.17) is 27.9 Å². The standard InChI is InChI=1S/C25H22BrCl2N3O3/c1-16-6-8-19(13-22(16)28)30-24(32)10-11-25(33)31-29-14-17-7-9-23(20(26)12-17)34-15-18-4-2-3-5-21(18)27/h2-9,12-14H,10-11,15H2,1H3,(H,30,32)(H,31,33). The van der Waals surface area contributed by atoms with Gasteiger partial charge in [0.25, 0.3) is 0 Å². The van der Waals surface area contributed by atoms with Crippen molar-refractivity contribution >= 4 is 62.8 Å². The Labute approximate surface area is 216 Å². The summed E-state index contributed by atoms with van der Waals surface area (Å²) in [6, 6.07) is 18.2. The van der Waals surface area contributed by atoms with E-state index in [-0.39, 0.29) is 24.7 Å². The molecule has 0 radical (unpaired) electrons. The zero-order chi connectivity index (χ0) is 24.5. The summed E-state index contributed by atoms with van der Waals surface area (Å²) in [5.41, 5.74) is 5.57. The van der Waals surface area contributed by atoms with Gasteiger partial charge in [-0.25, -0.2) is 5.43 Å². The van der Waals surface area contributed by atoms with Gasteiger partial charge < -0.3 is 10.1 Å². The molecule has 0 heterocycles. The number of nitrogens with zero attached hydrogens (tertiary/aromatic N) is 1. The third-order valence-corrected chi connectivity index (χ3v) is 6.13. The van der Waals surface area contributed by atoms with Crippen molar-refractivity contribution in [2.75, 3.05) is 5.32 Å². The van der Waals surface area contributed by atoms with Gasteiger partial charge in [-0.05, 0) is 70.4 Å². The van der Waals surface area contributed by atoms with E-state index in [2.05, 4.69) is 31.8 Å². The SMILES string of the molecule is Cc1ccc(NC(=O)CCC(=O)NN=Cc2ccc(OCc3ccccc3Cl)c(Br)c2)cc1Cl. The highest BCUT2D eigenvalue weighted by Crippen LogP contribution is 2.27. The van der Waals surface area contributed by atoms with Crippen molar-refractivity contribution in [2.45, 2.75) is 26.4 Å². The molecular weight excluding hydrogens is 541 g/mol. The Balaban J connectivity index is 1.43. The van der Waals surface area contributed by atoms with Gasteiger partial charge in [0.15, 0.2) is 0 Å². The van der Waals surface area contributed by atoms with E-state index >= 15 is 0 Å². The highest BCUT2D eigenvalue weighted by Gasteiger charge is 2.08. The number of hydrogen-bond donors (Lipinski definition) is 2. The maximum absolute atomic E-state index is 12.0. The van der Waals surface area contributed by atoms with Crippen molar-refractivity contribution in [1.82, 2.24) is 5.43 Å². The molecule has 0 bridgehead atoms. The quantitative estimate of drug-likeness (QED) is 0.230. The van der Waals surface area contributed by atoms with Gasteiger partial charge in [0, 0.05) is 34.1 Å². The number of benzene rings is 3. The normalized spacial score (nSPS) is 10.8. The van der Waals surface area contributed by atoms with Crippen LogP contribution in [0.15, 0.2) is 70.2 Å². The van der Waals surface area contributed by atoms with E-state index in [0.29, 0.717) is 28.1 Å². The first-order chi connectivity index (χ1) is 16.3. The Morgan fingerprint density at radius 2 is 1.76 bits per heavy atom. The Hall–Kier alpha value is -2.87. The van der Waals surface area contributed by atoms with Crippen LogP contribution in [0.25, 0.3) is 0 Å². The second kappa shape index (κ2) is 12.6. The molecule has 0 aliphatic rings. The van der Waals surface area contributed by atoms with Crippen LogP contribution in [0, 0.1) is 6.92 Å². The summed E-state index contributed by atoms with van der Waals surface area (Å²) in [6.07, 6.45) is 1.53. The lowest BCUT2D eigenvalue weighted by molar-refractivity contribution is -0.124. The van der Waals surface area contributed by atoms with Crippen molar-refractivity contribution in [3.63, 3.8) is 0 Å². The zero-order valence-electron chi connectivity index (χ0n) is 18.3. The molecule has 3 rings (SSSR count). The highest BCUT2D eigenvalue weighted by atomic mass is 79.9. The first kappa shape index (κ1) is 25.7. The van der Waals surface area contributed by atoms with Crippen LogP contribution >= 0.6 is 39.1 Å². The maximum atomic E-state index is 12.0. The van der Waals surface area contributed by atoms with Crippen LogP contribution < -0.4 is 15.5 Å². The third kappa shape index (κ3) is 7.87. The fourth-order valence-electron chi connectivity index (χ4n) is 2.84. The van der Waals surface area contributed by atoms with Gasteiger partial charge in [-0.1, -0.05) is 47.5 Å². The van der Waals surface area contributed by atoms with Crippen molar-refractivity contribution in [3.8, 4) is 5.75 Å². The molecule has 3 aromatic rings. The van der Waals surface area contributed by atoms with Gasteiger partial charge in [0.2, 0.25) is 11.8 Å². The largest absolute Gasteiger partial charge is 0.488 e. The van der Waals surface area contributed by atoms with Gasteiger partial charge in [-0.2, -0.15) is 5.10 Å². The van der Waals surface area contributed by atoms with Crippen LogP contribution in [0.1, 0.15) is 29.5 Å². The summed E-state index contributed by atoms with van der Waals surface area (Å²) < 4.78 is 6.56. The van der Waals surface area contributed by atoms with Crippen LogP contribution in [0.3, 0.4) is 0 Å². The monoisotopic (exact) mass is 561 g/mol. The summed E-state index contributed by atoms with van der Waals surface area (Å²) in [7, 11) is 0. The molecule has 0 fully saturated rings. The van der Waals surface area contributed by atoms with Crippen molar-refractivity contribution in [1.29, 1.82) is 0 Å². The molecule has 0 aliphatic carbocycles. The number of ether oxygens (including phenoxy) is 1. The van der Waals surface area contributed by atoms with E-state index < -0.39 is 0 Å². The second-order valence-corrected chi connectivity index (χ2v) is 9.04. The van der Waals surface area contributed by atoms with E-state index in [1.807, 2.05) is 49.4 Å². The van der Waals surface area contributed by atoms with Crippen LogP contribution in [0.4, 0.5) is 5.69 Å². The molecule has 0 saturated heterocycles. The molecule has 0 saturated carbocycles. The highest BCUT2D eigenvalue weighted by molar-refractivity contribution is 9.10. The van der Waals surface area contributed by atoms with E-state index in [0.717, 1.165) is 21.2 Å². The van der Waals surface area contributed by atoms with Gasteiger partial charge in [-0.3, -0.25) is 9.59 Å². The number of hydrazone groups is 1. The minimum absolute atomic E-state index is 0.00127. The number of carbonyl (C=O) groups is 2. The lowest BCUT2D eigenvalue weighted by Crippen LogP contribution is -2.20. The summed E-state index contributed by atoms with van der Waals surface area (Å²) >= 11 is 15.7. The Morgan fingerprint density at radius 1 is 1.00 bits per heavy atom. The van der Waals surface area contributed by atoms with Gasteiger partial charge in [-0.15, -0.1) is 0 Å². The first-order valence-corrected chi connectivity index (χ1v) is 11.9. The average molecular weight is 563 g/mol. The van der Waals surface area contributed by atoms with E-state index in [1.165, 1.54) is 6.21 Å². The van der Waals surface area contributed by atoms with Crippen LogP contribution in [0.5, 0.6) is 5.75 Å². The lowest BCUT2D eigenvalue weighted by atomic mass is 10.2. The molecule has 6 nitrogen and oxygen atoms in total. The van der Waals surface area contributed by atoms with E-state index in [9.17, 15) is 9.59 Å². The number of nitrogens with one attached hydrogen (secondary N) is 2. The smallest absolute Gasteiger partial charge is 0.240 e. The minimum atomic E-state index is -0.368. The molecule has 3 aromatic carbocycles. The molecule has 0 unspecified atom stereocenters. The third-order valence-electron chi connectivity index (χ3n) is 4.73. The summed E-state index contributed by atoms with van der Waals surface area (Å²) in [5.74, 6) is 0.00411. The van der Waals surface area contributed by atoms with Gasteiger partial charge in [0.1, 0.15) is 12.4 Å². The zero-order valence-corrected chi connectivity index (χ0v) is 21.4. The molecule has 0 aromatic heterocycles. The first-order valence-electron chi connectivity index (χ1n) is 10.4. The van der Waals surface area contributed by atoms with Crippen LogP contribution in [0.2, 0.25) is 10.0 Å². The van der Waals surface area contributed by atoms with Crippen molar-refractivity contribution in [3.05, 3.63) is 91.9 Å². The van der Waals surface area contributed by atoms with Crippen molar-refractivity contribution in [2.24, 2.45) is 5.10 Å². The lowest BCUT2D eigenvalue weighted by Gasteiger charge is -2.10. The number of hydrogen-bond acceptors (Lipinski definition) is 4. The van der Waals surface area contributed by atoms with Gasteiger partial charge in [0.05, 0.1) is 10.7 Å². The predicted molar refractivity (Wildman–Crippen MR) is 140 cm³/mol. The van der Waals surface area contributed by atoms with Gasteiger partial charge >= 0.3 is 0 Å². The summed E-state index contributed by atoms with van der Waals surface area (Å²) in [4.78, 5) is 24.0. The topological polar surface area (TPSA) is 79.8 Å². The van der Waals surface area contributed by atoms with E-state index in [1.54, 1.807) is 18.2 Å². The number of anilines is 1. The average Bonchev–Trinajstić information content (AvgIpc) is 2.80. The molecule has 34 heavy (non-hydrogen) atoms. The molecule has 9 heteroatoms. The van der Waals surface area contributed by atoms with Crippen LogP contribution in [-0.4, -0.2) is 18.0 Å². The predicted octanol–water partition coefficient (Wildman–Crippen LogP) is 6.51. The fourth-order valence-corrected chi connectivity index (χ4v) is 3.72. The second-order valence-electron chi connectivity index (χ2n) is 7.38. The number of carbonyl (C=O) groups excluding carboxylic acids is 2. The van der Waals surface area contributed by atoms with Crippen molar-refractivity contribution < 1.29 is 14.3 Å². The summed E-state index contributed by atoms with van der Waals surface area (Å²) in [5, 5.41) is 7.88. The minimum Gasteiger partial charge on any atom is -0.488 e. The number of halogens is 3. The molecule has 0 aliphatic heterocycles. The summed E-state index contributed by atoms with van der Waals surface area (Å²) in [6.45, 7) is 2.22. The fraction of sp³-hybridized carbons (Fsp3) is 0.160. The molecule has 0 spiro atoms. The molecule has 176 valence electrons. The number of amides is 2. The molecular formula is C25H22BrCl2N3O3. The Bertz CT molecular complexity index is 1220. The van der Waals surface area contributed by atoms with Crippen LogP contribution in [-0.2, 0) is 16.2 Å². The molecule has 2 amide bonds. The molecule has 0 atom stereocenters. The number of aryl methyl sites for hydroxylation is 1. The maximum Gasteiger partial charge on any atom is 0.240 e. The number of rotatable bonds is 9. The Kier molecular flexibility index (Phi) is 9.51. The Morgan fingerprint density at radius 3 is 2.50 bits per heavy atom.